The zero-order valence-electron chi connectivity index (χ0n) is 22.7. The van der Waals surface area contributed by atoms with Crippen molar-refractivity contribution in [1.82, 2.24) is 34.6 Å². The molecule has 5 aromatic rings. The molecule has 0 radical (unpaired) electrons. The standard InChI is InChI=1S/C29H29N9O3/c1-19-17-36(29(39)40)12-13-37(19)26-15-27(33-20(2)32-26)38-24-14-22(41-18-21-6-4-3-5-7-21)8-9-23(24)28(35-38)34-25-16-30-10-11-31-25/h3-11,14-16,19H,12-13,17-18H2,1-2H3,(H,39,40)(H,31,34,35)/t19-/m0/s1. The number of piperazine rings is 1. The van der Waals surface area contributed by atoms with Crippen LogP contribution in [0, 0.1) is 6.92 Å². The van der Waals surface area contributed by atoms with Gasteiger partial charge in [0, 0.05) is 55.6 Å². The summed E-state index contributed by atoms with van der Waals surface area (Å²) >= 11 is 0. The molecule has 3 aromatic heterocycles. The Morgan fingerprint density at radius 2 is 1.90 bits per heavy atom. The number of aryl methyl sites for hydroxylation is 1. The number of amides is 1. The van der Waals surface area contributed by atoms with Crippen LogP contribution in [-0.4, -0.2) is 71.5 Å². The highest BCUT2D eigenvalue weighted by Gasteiger charge is 2.28. The van der Waals surface area contributed by atoms with Crippen LogP contribution in [0.15, 0.2) is 73.2 Å². The van der Waals surface area contributed by atoms with Crippen molar-refractivity contribution < 1.29 is 14.6 Å². The molecule has 1 amide bonds. The zero-order chi connectivity index (χ0) is 28.3. The van der Waals surface area contributed by atoms with Crippen molar-refractivity contribution in [1.29, 1.82) is 0 Å². The molecule has 2 aromatic carbocycles. The number of hydrogen-bond acceptors (Lipinski definition) is 9. The number of nitrogens with one attached hydrogen (secondary N) is 1. The Kier molecular flexibility index (Phi) is 7.02. The van der Waals surface area contributed by atoms with E-state index >= 15 is 0 Å². The molecular formula is C29H29N9O3. The van der Waals surface area contributed by atoms with E-state index < -0.39 is 6.09 Å². The lowest BCUT2D eigenvalue weighted by Crippen LogP contribution is -2.53. The van der Waals surface area contributed by atoms with Gasteiger partial charge in [-0.05, 0) is 31.5 Å². The van der Waals surface area contributed by atoms with Gasteiger partial charge in [0.1, 0.15) is 29.8 Å². The average molecular weight is 552 g/mol. The monoisotopic (exact) mass is 551 g/mol. The SMILES string of the molecule is Cc1nc(N2CCN(C(=O)O)C[C@@H]2C)cc(-n2nc(Nc3cnccn3)c3ccc(OCc4ccccc4)cc32)n1. The molecule has 1 aliphatic heterocycles. The molecule has 41 heavy (non-hydrogen) atoms. The smallest absolute Gasteiger partial charge is 0.407 e. The highest BCUT2D eigenvalue weighted by Crippen LogP contribution is 2.31. The molecule has 12 heteroatoms. The number of aromatic nitrogens is 6. The predicted octanol–water partition coefficient (Wildman–Crippen LogP) is 4.43. The number of carboxylic acid groups (broad SMARTS) is 1. The molecule has 1 saturated heterocycles. The highest BCUT2D eigenvalue weighted by atomic mass is 16.5. The van der Waals surface area contributed by atoms with Gasteiger partial charge in [0.25, 0.3) is 0 Å². The molecule has 1 fully saturated rings. The Labute approximate surface area is 236 Å². The predicted molar refractivity (Wildman–Crippen MR) is 154 cm³/mol. The van der Waals surface area contributed by atoms with Crippen LogP contribution in [0.4, 0.5) is 22.2 Å². The lowest BCUT2D eigenvalue weighted by atomic mass is 10.2. The van der Waals surface area contributed by atoms with Crippen LogP contribution < -0.4 is 15.0 Å². The first kappa shape index (κ1) is 26.0. The van der Waals surface area contributed by atoms with Gasteiger partial charge in [-0.1, -0.05) is 30.3 Å². The second-order valence-corrected chi connectivity index (χ2v) is 9.83. The summed E-state index contributed by atoms with van der Waals surface area (Å²) in [7, 11) is 0. The van der Waals surface area contributed by atoms with Crippen LogP contribution in [-0.2, 0) is 6.61 Å². The number of fused-ring (bicyclic) bond motifs is 1. The van der Waals surface area contributed by atoms with Gasteiger partial charge in [0.2, 0.25) is 0 Å². The minimum absolute atomic E-state index is 0.0526. The van der Waals surface area contributed by atoms with E-state index in [-0.39, 0.29) is 6.04 Å². The molecule has 0 bridgehead atoms. The second kappa shape index (κ2) is 11.1. The van der Waals surface area contributed by atoms with Crippen LogP contribution in [0.3, 0.4) is 0 Å². The molecule has 0 aliphatic carbocycles. The van der Waals surface area contributed by atoms with Crippen molar-refractivity contribution >= 4 is 34.4 Å². The Balaban J connectivity index is 1.39. The Morgan fingerprint density at radius 3 is 2.66 bits per heavy atom. The fourth-order valence-corrected chi connectivity index (χ4v) is 4.94. The molecule has 0 spiro atoms. The van der Waals surface area contributed by atoms with Crippen molar-refractivity contribution in [2.24, 2.45) is 0 Å². The lowest BCUT2D eigenvalue weighted by molar-refractivity contribution is 0.136. The van der Waals surface area contributed by atoms with E-state index in [9.17, 15) is 9.90 Å². The molecular weight excluding hydrogens is 522 g/mol. The first-order valence-corrected chi connectivity index (χ1v) is 13.3. The summed E-state index contributed by atoms with van der Waals surface area (Å²) in [6, 6.07) is 17.6. The summed E-state index contributed by atoms with van der Waals surface area (Å²) in [6.45, 7) is 5.59. The number of rotatable bonds is 7. The summed E-state index contributed by atoms with van der Waals surface area (Å²) in [5.41, 5.74) is 1.86. The van der Waals surface area contributed by atoms with Crippen molar-refractivity contribution in [3.63, 3.8) is 0 Å². The molecule has 1 aliphatic rings. The Hall–Kier alpha value is -5.26. The van der Waals surface area contributed by atoms with E-state index in [4.69, 9.17) is 14.8 Å². The molecule has 208 valence electrons. The quantitative estimate of drug-likeness (QED) is 0.299. The normalized spacial score (nSPS) is 15.2. The second-order valence-electron chi connectivity index (χ2n) is 9.83. The van der Waals surface area contributed by atoms with E-state index in [1.807, 2.05) is 68.4 Å². The summed E-state index contributed by atoms with van der Waals surface area (Å²) in [4.78, 5) is 32.9. The third-order valence-electron chi connectivity index (χ3n) is 6.93. The van der Waals surface area contributed by atoms with Gasteiger partial charge in [-0.15, -0.1) is 5.10 Å². The van der Waals surface area contributed by atoms with Crippen LogP contribution >= 0.6 is 0 Å². The first-order chi connectivity index (χ1) is 19.9. The van der Waals surface area contributed by atoms with E-state index in [1.54, 1.807) is 23.3 Å². The number of nitrogens with zero attached hydrogens (tertiary/aromatic N) is 8. The van der Waals surface area contributed by atoms with Gasteiger partial charge in [-0.25, -0.2) is 24.4 Å². The fraction of sp³-hybridized carbons (Fsp3) is 0.241. The molecule has 2 N–H and O–H groups in total. The van der Waals surface area contributed by atoms with E-state index in [0.717, 1.165) is 16.5 Å². The maximum atomic E-state index is 11.5. The third kappa shape index (κ3) is 5.57. The van der Waals surface area contributed by atoms with E-state index in [0.29, 0.717) is 61.1 Å². The van der Waals surface area contributed by atoms with Crippen molar-refractivity contribution in [2.75, 3.05) is 29.9 Å². The maximum absolute atomic E-state index is 11.5. The zero-order valence-corrected chi connectivity index (χ0v) is 22.7. The summed E-state index contributed by atoms with van der Waals surface area (Å²) < 4.78 is 7.89. The average Bonchev–Trinajstić information content (AvgIpc) is 3.34. The van der Waals surface area contributed by atoms with Crippen molar-refractivity contribution in [3.8, 4) is 11.6 Å². The van der Waals surface area contributed by atoms with Crippen LogP contribution in [0.5, 0.6) is 5.75 Å². The first-order valence-electron chi connectivity index (χ1n) is 13.3. The minimum Gasteiger partial charge on any atom is -0.489 e. The number of carbonyl (C=O) groups is 1. The lowest BCUT2D eigenvalue weighted by Gasteiger charge is -2.39. The summed E-state index contributed by atoms with van der Waals surface area (Å²) in [5.74, 6) is 3.72. The van der Waals surface area contributed by atoms with Crippen LogP contribution in [0.2, 0.25) is 0 Å². The van der Waals surface area contributed by atoms with Gasteiger partial charge >= 0.3 is 6.09 Å². The molecule has 4 heterocycles. The molecule has 12 nitrogen and oxygen atoms in total. The number of ether oxygens (including phenoxy) is 1. The van der Waals surface area contributed by atoms with Gasteiger partial charge in [-0.2, -0.15) is 0 Å². The molecule has 1 atom stereocenters. The topological polar surface area (TPSA) is 134 Å². The van der Waals surface area contributed by atoms with E-state index in [2.05, 4.69) is 25.2 Å². The number of hydrogen-bond donors (Lipinski definition) is 2. The highest BCUT2D eigenvalue weighted by molar-refractivity contribution is 5.93. The largest absolute Gasteiger partial charge is 0.489 e. The van der Waals surface area contributed by atoms with E-state index in [1.165, 1.54) is 4.90 Å². The van der Waals surface area contributed by atoms with Crippen LogP contribution in [0.25, 0.3) is 16.7 Å². The van der Waals surface area contributed by atoms with Gasteiger partial charge in [-0.3, -0.25) is 4.98 Å². The number of benzene rings is 2. The van der Waals surface area contributed by atoms with Gasteiger partial charge < -0.3 is 25.0 Å². The maximum Gasteiger partial charge on any atom is 0.407 e. The summed E-state index contributed by atoms with van der Waals surface area (Å²) in [6.07, 6.45) is 3.95. The van der Waals surface area contributed by atoms with Gasteiger partial charge in [0.05, 0.1) is 11.7 Å². The van der Waals surface area contributed by atoms with Gasteiger partial charge in [0.15, 0.2) is 11.6 Å². The molecule has 0 saturated carbocycles. The summed E-state index contributed by atoms with van der Waals surface area (Å²) in [5, 5.41) is 18.4. The third-order valence-corrected chi connectivity index (χ3v) is 6.93. The molecule has 6 rings (SSSR count). The van der Waals surface area contributed by atoms with Crippen molar-refractivity contribution in [2.45, 2.75) is 26.5 Å². The molecule has 0 unspecified atom stereocenters. The Morgan fingerprint density at radius 1 is 1.07 bits per heavy atom. The van der Waals surface area contributed by atoms with Crippen molar-refractivity contribution in [3.05, 3.63) is 84.6 Å². The minimum atomic E-state index is -0.910. The number of anilines is 3. The van der Waals surface area contributed by atoms with Crippen LogP contribution in [0.1, 0.15) is 18.3 Å². The fourth-order valence-electron chi connectivity index (χ4n) is 4.94. The Bertz CT molecular complexity index is 1680.